The van der Waals surface area contributed by atoms with E-state index >= 15 is 0 Å². The van der Waals surface area contributed by atoms with Gasteiger partial charge in [0.2, 0.25) is 0 Å². The van der Waals surface area contributed by atoms with Gasteiger partial charge >= 0.3 is 0 Å². The minimum absolute atomic E-state index is 0.0896. The average molecular weight is 284 g/mol. The van der Waals surface area contributed by atoms with Crippen molar-refractivity contribution >= 4 is 11.6 Å². The van der Waals surface area contributed by atoms with Crippen LogP contribution in [-0.2, 0) is 0 Å². The van der Waals surface area contributed by atoms with Gasteiger partial charge in [0, 0.05) is 16.6 Å². The summed E-state index contributed by atoms with van der Waals surface area (Å²) in [7, 11) is 0. The fourth-order valence-corrected chi connectivity index (χ4v) is 3.29. The second-order valence-electron chi connectivity index (χ2n) is 5.52. The van der Waals surface area contributed by atoms with Gasteiger partial charge in [-0.2, -0.15) is 0 Å². The molecule has 19 heavy (non-hydrogen) atoms. The third-order valence-electron chi connectivity index (χ3n) is 4.08. The second-order valence-corrected chi connectivity index (χ2v) is 5.95. The molecule has 0 spiro atoms. The van der Waals surface area contributed by atoms with Crippen molar-refractivity contribution in [2.75, 3.05) is 6.54 Å². The SMILES string of the molecule is CCNC(CC1CCCCC1)c1cc(Cl)ccc1F. The van der Waals surface area contributed by atoms with Gasteiger partial charge in [-0.25, -0.2) is 4.39 Å². The van der Waals surface area contributed by atoms with Crippen LogP contribution in [0.3, 0.4) is 0 Å². The molecule has 1 aliphatic carbocycles. The monoisotopic (exact) mass is 283 g/mol. The fraction of sp³-hybridized carbons (Fsp3) is 0.625. The summed E-state index contributed by atoms with van der Waals surface area (Å²) in [6, 6.07) is 4.95. The third kappa shape index (κ3) is 4.19. The Morgan fingerprint density at radius 1 is 1.32 bits per heavy atom. The van der Waals surface area contributed by atoms with E-state index in [1.54, 1.807) is 12.1 Å². The van der Waals surface area contributed by atoms with Crippen molar-refractivity contribution in [3.63, 3.8) is 0 Å². The Bertz CT molecular complexity index is 402. The summed E-state index contributed by atoms with van der Waals surface area (Å²) in [5.41, 5.74) is 0.722. The van der Waals surface area contributed by atoms with Crippen molar-refractivity contribution in [3.8, 4) is 0 Å². The summed E-state index contributed by atoms with van der Waals surface area (Å²) in [5, 5.41) is 4.03. The number of nitrogens with one attached hydrogen (secondary N) is 1. The topological polar surface area (TPSA) is 12.0 Å². The van der Waals surface area contributed by atoms with Crippen LogP contribution < -0.4 is 5.32 Å². The smallest absolute Gasteiger partial charge is 0.128 e. The first-order valence-electron chi connectivity index (χ1n) is 7.39. The highest BCUT2D eigenvalue weighted by atomic mass is 35.5. The predicted molar refractivity (Wildman–Crippen MR) is 79.0 cm³/mol. The molecule has 3 heteroatoms. The number of benzene rings is 1. The maximum atomic E-state index is 14.0. The van der Waals surface area contributed by atoms with Crippen LogP contribution in [0.1, 0.15) is 57.1 Å². The quantitative estimate of drug-likeness (QED) is 0.793. The maximum absolute atomic E-state index is 14.0. The molecule has 1 saturated carbocycles. The van der Waals surface area contributed by atoms with E-state index in [0.29, 0.717) is 5.02 Å². The Morgan fingerprint density at radius 3 is 2.74 bits per heavy atom. The highest BCUT2D eigenvalue weighted by Crippen LogP contribution is 2.33. The molecule has 1 aromatic rings. The van der Waals surface area contributed by atoms with Crippen LogP contribution in [0, 0.1) is 11.7 Å². The molecule has 1 fully saturated rings. The molecule has 2 rings (SSSR count). The molecule has 106 valence electrons. The molecule has 1 unspecified atom stereocenters. The Labute approximate surface area is 120 Å². The van der Waals surface area contributed by atoms with E-state index in [1.165, 1.54) is 38.2 Å². The van der Waals surface area contributed by atoms with Gasteiger partial charge < -0.3 is 5.32 Å². The summed E-state index contributed by atoms with van der Waals surface area (Å²) < 4.78 is 14.0. The molecule has 0 saturated heterocycles. The second kappa shape index (κ2) is 7.25. The lowest BCUT2D eigenvalue weighted by molar-refractivity contribution is 0.298. The molecule has 0 aliphatic heterocycles. The van der Waals surface area contributed by atoms with Gasteiger partial charge in [0.05, 0.1) is 0 Å². The Balaban J connectivity index is 2.11. The summed E-state index contributed by atoms with van der Waals surface area (Å²) in [6.07, 6.45) is 7.58. The molecule has 1 aromatic carbocycles. The highest BCUT2D eigenvalue weighted by molar-refractivity contribution is 6.30. The summed E-state index contributed by atoms with van der Waals surface area (Å²) in [6.45, 7) is 2.92. The molecule has 0 heterocycles. The molecular formula is C16H23ClFN. The summed E-state index contributed by atoms with van der Waals surface area (Å²) in [5.74, 6) is 0.572. The van der Waals surface area contributed by atoms with Crippen LogP contribution >= 0.6 is 11.6 Å². The molecule has 1 N–H and O–H groups in total. The molecule has 1 atom stereocenters. The van der Waals surface area contributed by atoms with Crippen molar-refractivity contribution < 1.29 is 4.39 Å². The van der Waals surface area contributed by atoms with Crippen LogP contribution in [0.4, 0.5) is 4.39 Å². The molecular weight excluding hydrogens is 261 g/mol. The fourth-order valence-electron chi connectivity index (χ4n) is 3.10. The predicted octanol–water partition coefficient (Wildman–Crippen LogP) is 5.10. The Morgan fingerprint density at radius 2 is 2.05 bits per heavy atom. The molecule has 0 aromatic heterocycles. The van der Waals surface area contributed by atoms with E-state index in [-0.39, 0.29) is 11.9 Å². The van der Waals surface area contributed by atoms with Gasteiger partial charge in [-0.1, -0.05) is 50.6 Å². The number of hydrogen-bond acceptors (Lipinski definition) is 1. The van der Waals surface area contributed by atoms with Crippen molar-refractivity contribution in [1.82, 2.24) is 5.32 Å². The lowest BCUT2D eigenvalue weighted by Gasteiger charge is -2.27. The van der Waals surface area contributed by atoms with E-state index in [9.17, 15) is 4.39 Å². The molecule has 0 radical (unpaired) electrons. The first-order valence-corrected chi connectivity index (χ1v) is 7.76. The van der Waals surface area contributed by atoms with Gasteiger partial charge in [-0.3, -0.25) is 0 Å². The third-order valence-corrected chi connectivity index (χ3v) is 4.31. The zero-order chi connectivity index (χ0) is 13.7. The van der Waals surface area contributed by atoms with Crippen LogP contribution in [-0.4, -0.2) is 6.54 Å². The van der Waals surface area contributed by atoms with Gasteiger partial charge in [-0.15, -0.1) is 0 Å². The molecule has 0 amide bonds. The normalized spacial score (nSPS) is 18.5. The zero-order valence-corrected chi connectivity index (χ0v) is 12.3. The number of halogens is 2. The van der Waals surface area contributed by atoms with E-state index in [2.05, 4.69) is 12.2 Å². The number of hydrogen-bond donors (Lipinski definition) is 1. The minimum Gasteiger partial charge on any atom is -0.310 e. The number of rotatable bonds is 5. The van der Waals surface area contributed by atoms with Gasteiger partial charge in [-0.05, 0) is 37.1 Å². The van der Waals surface area contributed by atoms with Gasteiger partial charge in [0.25, 0.3) is 0 Å². The summed E-state index contributed by atoms with van der Waals surface area (Å²) in [4.78, 5) is 0. The maximum Gasteiger partial charge on any atom is 0.128 e. The van der Waals surface area contributed by atoms with Gasteiger partial charge in [0.15, 0.2) is 0 Å². The minimum atomic E-state index is -0.147. The largest absolute Gasteiger partial charge is 0.310 e. The molecule has 1 aliphatic rings. The standard InChI is InChI=1S/C16H23ClFN/c1-2-19-16(10-12-6-4-3-5-7-12)14-11-13(17)8-9-15(14)18/h8-9,11-12,16,19H,2-7,10H2,1H3. The van der Waals surface area contributed by atoms with Crippen LogP contribution in [0.2, 0.25) is 5.02 Å². The van der Waals surface area contributed by atoms with Crippen molar-refractivity contribution in [2.45, 2.75) is 51.5 Å². The van der Waals surface area contributed by atoms with Crippen molar-refractivity contribution in [2.24, 2.45) is 5.92 Å². The highest BCUT2D eigenvalue weighted by Gasteiger charge is 2.21. The van der Waals surface area contributed by atoms with Crippen LogP contribution in [0.5, 0.6) is 0 Å². The molecule has 0 bridgehead atoms. The first kappa shape index (κ1) is 14.8. The average Bonchev–Trinajstić information content (AvgIpc) is 2.42. The van der Waals surface area contributed by atoms with E-state index in [4.69, 9.17) is 11.6 Å². The van der Waals surface area contributed by atoms with E-state index in [1.807, 2.05) is 0 Å². The molecule has 1 nitrogen and oxygen atoms in total. The summed E-state index contributed by atoms with van der Waals surface area (Å²) >= 11 is 6.01. The van der Waals surface area contributed by atoms with Crippen LogP contribution in [0.15, 0.2) is 18.2 Å². The van der Waals surface area contributed by atoms with Crippen molar-refractivity contribution in [3.05, 3.63) is 34.6 Å². The Hall–Kier alpha value is -0.600. The van der Waals surface area contributed by atoms with Gasteiger partial charge in [0.1, 0.15) is 5.82 Å². The zero-order valence-electron chi connectivity index (χ0n) is 11.6. The Kier molecular flexibility index (Phi) is 5.65. The van der Waals surface area contributed by atoms with Crippen LogP contribution in [0.25, 0.3) is 0 Å². The first-order chi connectivity index (χ1) is 9.20. The lowest BCUT2D eigenvalue weighted by Crippen LogP contribution is -2.25. The van der Waals surface area contributed by atoms with E-state index in [0.717, 1.165) is 24.4 Å². The van der Waals surface area contributed by atoms with E-state index < -0.39 is 0 Å². The lowest BCUT2D eigenvalue weighted by atomic mass is 9.83. The van der Waals surface area contributed by atoms with Crippen molar-refractivity contribution in [1.29, 1.82) is 0 Å².